The number of sulfonamides is 2. The molecule has 2 aromatic rings. The van der Waals surface area contributed by atoms with E-state index in [1.165, 1.54) is 43.4 Å². The van der Waals surface area contributed by atoms with Crippen molar-refractivity contribution in [2.45, 2.75) is 9.79 Å². The number of amides is 1. The Morgan fingerprint density at radius 2 is 1.64 bits per heavy atom. The van der Waals surface area contributed by atoms with Gasteiger partial charge in [-0.05, 0) is 49.5 Å². The quantitative estimate of drug-likeness (QED) is 0.688. The van der Waals surface area contributed by atoms with Crippen LogP contribution in [0.1, 0.15) is 10.4 Å². The molecule has 0 fully saturated rings. The summed E-state index contributed by atoms with van der Waals surface area (Å²) in [5.74, 6) is -0.606. The maximum Gasteiger partial charge on any atom is 0.255 e. The van der Waals surface area contributed by atoms with Crippen LogP contribution in [-0.4, -0.2) is 29.8 Å². The molecule has 0 bridgehead atoms. The number of nitrogens with one attached hydrogen (secondary N) is 2. The zero-order chi connectivity index (χ0) is 18.8. The molecule has 0 saturated heterocycles. The SMILES string of the molecule is CNS(=O)(=O)c1ccc(NC(=O)c2ccc(Cl)c(S(N)(=O)=O)c2)cc1. The fraction of sp³-hybridized carbons (Fsp3) is 0.0714. The fourth-order valence-electron chi connectivity index (χ4n) is 1.90. The van der Waals surface area contributed by atoms with Gasteiger partial charge in [0.1, 0.15) is 4.90 Å². The maximum absolute atomic E-state index is 12.2. The first-order valence-corrected chi connectivity index (χ1v) is 10.1. The van der Waals surface area contributed by atoms with Gasteiger partial charge in [0.15, 0.2) is 0 Å². The first kappa shape index (κ1) is 19.3. The molecule has 4 N–H and O–H groups in total. The highest BCUT2D eigenvalue weighted by molar-refractivity contribution is 7.89. The highest BCUT2D eigenvalue weighted by atomic mass is 35.5. The molecule has 25 heavy (non-hydrogen) atoms. The summed E-state index contributed by atoms with van der Waals surface area (Å²) in [5.41, 5.74) is 0.354. The molecule has 0 aliphatic heterocycles. The number of anilines is 1. The average molecular weight is 404 g/mol. The molecular formula is C14H14ClN3O5S2. The molecule has 0 unspecified atom stereocenters. The summed E-state index contributed by atoms with van der Waals surface area (Å²) in [5, 5.41) is 7.47. The van der Waals surface area contributed by atoms with Crippen LogP contribution < -0.4 is 15.2 Å². The third-order valence-electron chi connectivity index (χ3n) is 3.19. The van der Waals surface area contributed by atoms with E-state index in [0.29, 0.717) is 5.69 Å². The number of benzene rings is 2. The summed E-state index contributed by atoms with van der Waals surface area (Å²) in [6.45, 7) is 0. The molecule has 0 aliphatic rings. The molecular weight excluding hydrogens is 390 g/mol. The Hall–Kier alpha value is -1.98. The van der Waals surface area contributed by atoms with Gasteiger partial charge in [-0.15, -0.1) is 0 Å². The number of carbonyl (C=O) groups is 1. The molecule has 1 amide bonds. The molecule has 0 aliphatic carbocycles. The summed E-state index contributed by atoms with van der Waals surface area (Å²) in [7, 11) is -6.37. The first-order chi connectivity index (χ1) is 11.5. The normalized spacial score (nSPS) is 12.0. The van der Waals surface area contributed by atoms with Crippen LogP contribution in [0.2, 0.25) is 5.02 Å². The van der Waals surface area contributed by atoms with Crippen molar-refractivity contribution in [1.82, 2.24) is 4.72 Å². The Morgan fingerprint density at radius 1 is 1.04 bits per heavy atom. The number of primary sulfonamides is 1. The summed E-state index contributed by atoms with van der Waals surface area (Å²) in [6, 6.07) is 9.09. The monoisotopic (exact) mass is 403 g/mol. The number of hydrogen-bond donors (Lipinski definition) is 3. The number of hydrogen-bond acceptors (Lipinski definition) is 5. The predicted molar refractivity (Wildman–Crippen MR) is 93.5 cm³/mol. The maximum atomic E-state index is 12.2. The Bertz CT molecular complexity index is 1020. The van der Waals surface area contributed by atoms with Crippen LogP contribution in [-0.2, 0) is 20.0 Å². The Labute approximate surface area is 150 Å². The molecule has 0 saturated carbocycles. The van der Waals surface area contributed by atoms with Crippen molar-refractivity contribution in [1.29, 1.82) is 0 Å². The van der Waals surface area contributed by atoms with E-state index in [9.17, 15) is 21.6 Å². The van der Waals surface area contributed by atoms with Gasteiger partial charge in [-0.3, -0.25) is 4.79 Å². The molecule has 0 atom stereocenters. The zero-order valence-corrected chi connectivity index (χ0v) is 15.2. The number of carbonyl (C=O) groups excluding carboxylic acids is 1. The second-order valence-electron chi connectivity index (χ2n) is 4.88. The molecule has 2 rings (SSSR count). The second-order valence-corrected chi connectivity index (χ2v) is 8.70. The van der Waals surface area contributed by atoms with Crippen molar-refractivity contribution in [3.05, 3.63) is 53.1 Å². The largest absolute Gasteiger partial charge is 0.322 e. The third-order valence-corrected chi connectivity index (χ3v) is 6.01. The smallest absolute Gasteiger partial charge is 0.255 e. The molecule has 0 radical (unpaired) electrons. The van der Waals surface area contributed by atoms with Gasteiger partial charge in [0.2, 0.25) is 20.0 Å². The average Bonchev–Trinajstić information content (AvgIpc) is 2.54. The minimum Gasteiger partial charge on any atom is -0.322 e. The van der Waals surface area contributed by atoms with Gasteiger partial charge in [0.25, 0.3) is 5.91 Å². The topological polar surface area (TPSA) is 135 Å². The minimum atomic E-state index is -4.07. The highest BCUT2D eigenvalue weighted by Crippen LogP contribution is 2.22. The van der Waals surface area contributed by atoms with E-state index in [1.54, 1.807) is 0 Å². The summed E-state index contributed by atoms with van der Waals surface area (Å²) in [4.78, 5) is 11.9. The Balaban J connectivity index is 2.26. The molecule has 0 spiro atoms. The van der Waals surface area contributed by atoms with Gasteiger partial charge >= 0.3 is 0 Å². The van der Waals surface area contributed by atoms with Crippen LogP contribution in [0.4, 0.5) is 5.69 Å². The van der Waals surface area contributed by atoms with Crippen LogP contribution in [0.5, 0.6) is 0 Å². The Morgan fingerprint density at radius 3 is 2.16 bits per heavy atom. The van der Waals surface area contributed by atoms with Crippen LogP contribution in [0.3, 0.4) is 0 Å². The molecule has 0 aromatic heterocycles. The predicted octanol–water partition coefficient (Wildman–Crippen LogP) is 1.15. The van der Waals surface area contributed by atoms with Crippen LogP contribution >= 0.6 is 11.6 Å². The zero-order valence-electron chi connectivity index (χ0n) is 12.9. The lowest BCUT2D eigenvalue weighted by atomic mass is 10.2. The number of halogens is 1. The van der Waals surface area contributed by atoms with E-state index in [0.717, 1.165) is 6.07 Å². The van der Waals surface area contributed by atoms with Crippen LogP contribution in [0.15, 0.2) is 52.3 Å². The Kier molecular flexibility index (Phi) is 5.49. The van der Waals surface area contributed by atoms with Gasteiger partial charge < -0.3 is 5.32 Å². The summed E-state index contributed by atoms with van der Waals surface area (Å²) >= 11 is 5.77. The van der Waals surface area contributed by atoms with E-state index in [-0.39, 0.29) is 20.4 Å². The van der Waals surface area contributed by atoms with Crippen molar-refractivity contribution in [3.63, 3.8) is 0 Å². The van der Waals surface area contributed by atoms with Crippen LogP contribution in [0, 0.1) is 0 Å². The van der Waals surface area contributed by atoms with Crippen molar-refractivity contribution >= 4 is 43.2 Å². The lowest BCUT2D eigenvalue weighted by Crippen LogP contribution is -2.18. The van der Waals surface area contributed by atoms with E-state index >= 15 is 0 Å². The van der Waals surface area contributed by atoms with Gasteiger partial charge in [-0.1, -0.05) is 11.6 Å². The highest BCUT2D eigenvalue weighted by Gasteiger charge is 2.17. The summed E-state index contributed by atoms with van der Waals surface area (Å²) in [6.07, 6.45) is 0. The van der Waals surface area contributed by atoms with E-state index in [1.807, 2.05) is 0 Å². The molecule has 8 nitrogen and oxygen atoms in total. The van der Waals surface area contributed by atoms with Gasteiger partial charge in [-0.25, -0.2) is 26.7 Å². The summed E-state index contributed by atoms with van der Waals surface area (Å²) < 4.78 is 48.3. The number of nitrogens with two attached hydrogens (primary N) is 1. The molecule has 2 aromatic carbocycles. The van der Waals surface area contributed by atoms with Gasteiger partial charge in [0, 0.05) is 11.3 Å². The van der Waals surface area contributed by atoms with Crippen molar-refractivity contribution in [2.24, 2.45) is 5.14 Å². The fourth-order valence-corrected chi connectivity index (χ4v) is 3.70. The van der Waals surface area contributed by atoms with E-state index in [4.69, 9.17) is 16.7 Å². The second kappa shape index (κ2) is 7.10. The molecule has 134 valence electrons. The standard InChI is InChI=1S/C14H14ClN3O5S2/c1-17-25(22,23)11-5-3-10(4-6-11)18-14(19)9-2-7-12(15)13(8-9)24(16,20)21/h2-8,17H,1H3,(H,18,19)(H2,16,20,21). The van der Waals surface area contributed by atoms with Crippen molar-refractivity contribution in [2.75, 3.05) is 12.4 Å². The lowest BCUT2D eigenvalue weighted by molar-refractivity contribution is 0.102. The van der Waals surface area contributed by atoms with E-state index < -0.39 is 26.0 Å². The minimum absolute atomic E-state index is 0.0281. The number of rotatable bonds is 5. The van der Waals surface area contributed by atoms with Crippen LogP contribution in [0.25, 0.3) is 0 Å². The lowest BCUT2D eigenvalue weighted by Gasteiger charge is -2.08. The first-order valence-electron chi connectivity index (χ1n) is 6.72. The van der Waals surface area contributed by atoms with E-state index in [2.05, 4.69) is 10.0 Å². The van der Waals surface area contributed by atoms with Gasteiger partial charge in [0.05, 0.1) is 9.92 Å². The van der Waals surface area contributed by atoms with Crippen molar-refractivity contribution < 1.29 is 21.6 Å². The van der Waals surface area contributed by atoms with Crippen molar-refractivity contribution in [3.8, 4) is 0 Å². The molecule has 11 heteroatoms. The third kappa shape index (κ3) is 4.55. The molecule has 0 heterocycles. The van der Waals surface area contributed by atoms with Gasteiger partial charge in [-0.2, -0.15) is 0 Å².